The van der Waals surface area contributed by atoms with Crippen LogP contribution in [0, 0.1) is 0 Å². The van der Waals surface area contributed by atoms with Gasteiger partial charge in [0.15, 0.2) is 10.5 Å². The predicted octanol–water partition coefficient (Wildman–Crippen LogP) is 4.74. The second-order valence-electron chi connectivity index (χ2n) is 6.77. The number of phenolic OH excluding ortho intramolecular Hbond substituents is 1. The molecule has 1 fully saturated rings. The maximum absolute atomic E-state index is 12.6. The van der Waals surface area contributed by atoms with Crippen LogP contribution < -0.4 is 5.32 Å². The highest BCUT2D eigenvalue weighted by molar-refractivity contribution is 8.24. The fraction of sp³-hybridized carbons (Fsp3) is 0.211. The van der Waals surface area contributed by atoms with Crippen LogP contribution in [0.1, 0.15) is 19.4 Å². The molecular weight excluding hydrogens is 432 g/mol. The minimum atomic E-state index is -0.866. The van der Waals surface area contributed by atoms with Gasteiger partial charge in [0.25, 0.3) is 0 Å². The van der Waals surface area contributed by atoms with Gasteiger partial charge in [-0.15, -0.1) is 0 Å². The molecule has 0 radical (unpaired) electrons. The number of urea groups is 1. The van der Waals surface area contributed by atoms with Gasteiger partial charge < -0.3 is 10.4 Å². The second kappa shape index (κ2) is 8.58. The number of benzene rings is 2. The van der Waals surface area contributed by atoms with Crippen molar-refractivity contribution in [3.05, 3.63) is 59.1 Å². The number of amides is 2. The molecule has 0 bridgehead atoms. The van der Waals surface area contributed by atoms with Gasteiger partial charge in [0.2, 0.25) is 0 Å². The Morgan fingerprint density at radius 3 is 2.62 bits per heavy atom. The van der Waals surface area contributed by atoms with E-state index < -0.39 is 16.9 Å². The first-order chi connectivity index (χ1) is 13.7. The minimum Gasteiger partial charge on any atom is -0.507 e. The number of hydroxylamine groups is 2. The highest BCUT2D eigenvalue weighted by Gasteiger charge is 2.50. The van der Waals surface area contributed by atoms with E-state index in [1.165, 1.54) is 29.1 Å². The van der Waals surface area contributed by atoms with E-state index in [1.807, 2.05) is 13.8 Å². The average molecular weight is 451 g/mol. The summed E-state index contributed by atoms with van der Waals surface area (Å²) in [5, 5.41) is 30.0. The van der Waals surface area contributed by atoms with Crippen molar-refractivity contribution >= 4 is 57.8 Å². The topological polar surface area (TPSA) is 88.4 Å². The maximum atomic E-state index is 12.6. The Balaban J connectivity index is 1.83. The van der Waals surface area contributed by atoms with Crippen molar-refractivity contribution in [3.8, 4) is 5.75 Å². The molecule has 3 rings (SSSR count). The van der Waals surface area contributed by atoms with Gasteiger partial charge in [-0.05, 0) is 50.2 Å². The number of hydrazone groups is 1. The van der Waals surface area contributed by atoms with E-state index in [0.29, 0.717) is 25.7 Å². The summed E-state index contributed by atoms with van der Waals surface area (Å²) in [5.74, 6) is 0.0613. The lowest BCUT2D eigenvalue weighted by Crippen LogP contribution is -2.54. The fourth-order valence-electron chi connectivity index (χ4n) is 2.77. The molecule has 1 aliphatic rings. The molecule has 1 atom stereocenters. The zero-order valence-electron chi connectivity index (χ0n) is 15.6. The van der Waals surface area contributed by atoms with Gasteiger partial charge in [-0.2, -0.15) is 10.2 Å². The van der Waals surface area contributed by atoms with Crippen LogP contribution in [0.3, 0.4) is 0 Å². The third-order valence-corrected chi connectivity index (χ3v) is 5.97. The number of carbonyl (C=O) groups is 1. The number of hydrogen-bond acceptors (Lipinski definition) is 6. The molecule has 2 amide bonds. The number of carbonyl (C=O) groups excluding carboxylic acids is 1. The van der Waals surface area contributed by atoms with Gasteiger partial charge in [0, 0.05) is 16.3 Å². The number of anilines is 1. The average Bonchev–Trinajstić information content (AvgIpc) is 2.90. The number of thioether (sulfide) groups is 1. The van der Waals surface area contributed by atoms with Gasteiger partial charge in [0.05, 0.1) is 11.0 Å². The van der Waals surface area contributed by atoms with E-state index in [9.17, 15) is 15.1 Å². The van der Waals surface area contributed by atoms with E-state index in [-0.39, 0.29) is 5.75 Å². The van der Waals surface area contributed by atoms with Crippen LogP contribution >= 0.6 is 35.6 Å². The number of para-hydroxylation sites is 1. The van der Waals surface area contributed by atoms with E-state index in [1.54, 1.807) is 42.5 Å². The molecule has 10 heteroatoms. The SMILES string of the molecule is CC1(C)SC(=S)N(/N=C\c2ccccc2O)[C@@H]1N(O)C(=O)Nc1ccc(Cl)cc1. The number of aromatic hydroxyl groups is 1. The van der Waals surface area contributed by atoms with Gasteiger partial charge in [0.1, 0.15) is 5.75 Å². The van der Waals surface area contributed by atoms with E-state index >= 15 is 0 Å². The summed E-state index contributed by atoms with van der Waals surface area (Å²) >= 11 is 12.6. The molecule has 1 aliphatic heterocycles. The van der Waals surface area contributed by atoms with E-state index in [0.717, 1.165) is 0 Å². The molecule has 2 aromatic carbocycles. The summed E-state index contributed by atoms with van der Waals surface area (Å²) in [6.45, 7) is 3.70. The van der Waals surface area contributed by atoms with Crippen LogP contribution in [0.2, 0.25) is 5.02 Å². The molecule has 0 spiro atoms. The van der Waals surface area contributed by atoms with Crippen molar-refractivity contribution in [2.45, 2.75) is 24.8 Å². The van der Waals surface area contributed by atoms with E-state index in [2.05, 4.69) is 10.4 Å². The van der Waals surface area contributed by atoms with Crippen molar-refractivity contribution < 1.29 is 15.1 Å². The standard InChI is InChI=1S/C19H19ClN4O3S2/c1-19(2)16(24(27)17(26)22-14-9-7-13(20)8-10-14)23(18(28)29-19)21-11-12-5-3-4-6-15(12)25/h3-11,16,25,27H,1-2H3,(H,22,26)/b21-11-/t16-/m1/s1. The lowest BCUT2D eigenvalue weighted by atomic mass is 10.1. The van der Waals surface area contributed by atoms with Crippen LogP contribution in [-0.4, -0.2) is 47.9 Å². The lowest BCUT2D eigenvalue weighted by Gasteiger charge is -2.34. The second-order valence-corrected chi connectivity index (χ2v) is 9.50. The molecule has 3 N–H and O–H groups in total. The Morgan fingerprint density at radius 1 is 1.31 bits per heavy atom. The summed E-state index contributed by atoms with van der Waals surface area (Å²) in [6, 6.07) is 12.5. The highest BCUT2D eigenvalue weighted by atomic mass is 35.5. The summed E-state index contributed by atoms with van der Waals surface area (Å²) in [6.07, 6.45) is 0.566. The number of nitrogens with one attached hydrogen (secondary N) is 1. The van der Waals surface area contributed by atoms with Crippen LogP contribution in [0.25, 0.3) is 0 Å². The van der Waals surface area contributed by atoms with Crippen LogP contribution in [0.5, 0.6) is 5.75 Å². The van der Waals surface area contributed by atoms with Crippen molar-refractivity contribution in [1.29, 1.82) is 0 Å². The van der Waals surface area contributed by atoms with Crippen LogP contribution in [0.4, 0.5) is 10.5 Å². The molecule has 1 saturated heterocycles. The molecule has 152 valence electrons. The predicted molar refractivity (Wildman–Crippen MR) is 120 cm³/mol. The van der Waals surface area contributed by atoms with Crippen LogP contribution in [-0.2, 0) is 0 Å². The van der Waals surface area contributed by atoms with Crippen molar-refractivity contribution in [2.24, 2.45) is 5.10 Å². The molecule has 1 heterocycles. The lowest BCUT2D eigenvalue weighted by molar-refractivity contribution is -0.114. The van der Waals surface area contributed by atoms with E-state index in [4.69, 9.17) is 23.8 Å². The molecular formula is C19H19ClN4O3S2. The Kier molecular flexibility index (Phi) is 6.33. The number of halogens is 1. The molecule has 0 aliphatic carbocycles. The summed E-state index contributed by atoms with van der Waals surface area (Å²) in [5.41, 5.74) is 0.965. The quantitative estimate of drug-likeness (QED) is 0.270. The van der Waals surface area contributed by atoms with Crippen molar-refractivity contribution in [2.75, 3.05) is 5.32 Å². The van der Waals surface area contributed by atoms with Gasteiger partial charge in [-0.25, -0.2) is 9.80 Å². The van der Waals surface area contributed by atoms with Gasteiger partial charge in [-0.3, -0.25) is 5.21 Å². The van der Waals surface area contributed by atoms with Gasteiger partial charge in [-0.1, -0.05) is 47.7 Å². The highest BCUT2D eigenvalue weighted by Crippen LogP contribution is 2.42. The number of phenols is 1. The smallest absolute Gasteiger partial charge is 0.347 e. The zero-order chi connectivity index (χ0) is 21.2. The summed E-state index contributed by atoms with van der Waals surface area (Å²) < 4.78 is -0.246. The maximum Gasteiger partial charge on any atom is 0.347 e. The Labute approximate surface area is 182 Å². The fourth-order valence-corrected chi connectivity index (χ4v) is 4.69. The third kappa shape index (κ3) is 4.81. The van der Waals surface area contributed by atoms with Crippen molar-refractivity contribution in [1.82, 2.24) is 10.1 Å². The van der Waals surface area contributed by atoms with Crippen molar-refractivity contribution in [3.63, 3.8) is 0 Å². The Bertz CT molecular complexity index is 953. The third-order valence-electron chi connectivity index (χ3n) is 4.18. The first-order valence-corrected chi connectivity index (χ1v) is 10.2. The molecule has 0 saturated carbocycles. The summed E-state index contributed by atoms with van der Waals surface area (Å²) in [4.78, 5) is 12.6. The molecule has 2 aromatic rings. The minimum absolute atomic E-state index is 0.0613. The summed E-state index contributed by atoms with van der Waals surface area (Å²) in [7, 11) is 0. The Morgan fingerprint density at radius 2 is 1.97 bits per heavy atom. The zero-order valence-corrected chi connectivity index (χ0v) is 18.0. The largest absolute Gasteiger partial charge is 0.507 e. The first kappa shape index (κ1) is 21.4. The van der Waals surface area contributed by atoms with Gasteiger partial charge >= 0.3 is 6.03 Å². The number of hydrogen-bond donors (Lipinski definition) is 3. The normalized spacial score (nSPS) is 18.3. The number of nitrogens with zero attached hydrogens (tertiary/aromatic N) is 3. The molecule has 0 unspecified atom stereocenters. The monoisotopic (exact) mass is 450 g/mol. The number of thiocarbonyl (C=S) groups is 1. The first-order valence-electron chi connectivity index (χ1n) is 8.58. The Hall–Kier alpha value is -2.33. The number of rotatable bonds is 4. The molecule has 29 heavy (non-hydrogen) atoms. The molecule has 7 nitrogen and oxygen atoms in total. The van der Waals surface area contributed by atoms with Crippen LogP contribution in [0.15, 0.2) is 53.6 Å². The molecule has 0 aromatic heterocycles.